The van der Waals surface area contributed by atoms with Crippen molar-refractivity contribution < 1.29 is 9.72 Å². The van der Waals surface area contributed by atoms with E-state index >= 15 is 0 Å². The Bertz CT molecular complexity index is 535. The van der Waals surface area contributed by atoms with Crippen LogP contribution in [0.5, 0.6) is 0 Å². The number of nitro groups is 1. The number of rotatable bonds is 4. The molecule has 114 valence electrons. The van der Waals surface area contributed by atoms with Gasteiger partial charge >= 0.3 is 0 Å². The average Bonchev–Trinajstić information content (AvgIpc) is 2.47. The van der Waals surface area contributed by atoms with E-state index in [0.29, 0.717) is 18.8 Å². The maximum absolute atomic E-state index is 12.3. The van der Waals surface area contributed by atoms with E-state index in [-0.39, 0.29) is 24.2 Å². The standard InChI is InChI=1S/C14H20N4O3/c1-11-9-17(8-7-15-11)14(19)10-16(2)12-5-3-4-6-13(12)18(20)21/h3-6,11,15H,7-10H2,1-2H3. The quantitative estimate of drug-likeness (QED) is 0.657. The molecule has 1 aliphatic heterocycles. The molecule has 0 aromatic heterocycles. The number of para-hydroxylation sites is 2. The van der Waals surface area contributed by atoms with Gasteiger partial charge in [-0.15, -0.1) is 0 Å². The normalized spacial score (nSPS) is 18.4. The molecule has 7 nitrogen and oxygen atoms in total. The molecular formula is C14H20N4O3. The van der Waals surface area contributed by atoms with Gasteiger partial charge in [0.05, 0.1) is 11.5 Å². The number of nitrogens with one attached hydrogen (secondary N) is 1. The number of carbonyl (C=O) groups excluding carboxylic acids is 1. The number of nitrogens with zero attached hydrogens (tertiary/aromatic N) is 3. The van der Waals surface area contributed by atoms with E-state index in [4.69, 9.17) is 0 Å². The molecule has 7 heteroatoms. The highest BCUT2D eigenvalue weighted by atomic mass is 16.6. The SMILES string of the molecule is CC1CN(C(=O)CN(C)c2ccccc2[N+](=O)[O-])CCN1. The Balaban J connectivity index is 2.05. The molecule has 21 heavy (non-hydrogen) atoms. The number of hydrogen-bond donors (Lipinski definition) is 1. The maximum atomic E-state index is 12.3. The fourth-order valence-corrected chi connectivity index (χ4v) is 2.49. The zero-order chi connectivity index (χ0) is 15.4. The van der Waals surface area contributed by atoms with Gasteiger partial charge in [0.25, 0.3) is 5.69 Å². The molecule has 1 aromatic rings. The van der Waals surface area contributed by atoms with Gasteiger partial charge in [-0.05, 0) is 13.0 Å². The molecule has 1 unspecified atom stereocenters. The molecule has 1 fully saturated rings. The highest BCUT2D eigenvalue weighted by molar-refractivity contribution is 5.82. The highest BCUT2D eigenvalue weighted by Crippen LogP contribution is 2.26. The second-order valence-corrected chi connectivity index (χ2v) is 5.30. The number of hydrogen-bond acceptors (Lipinski definition) is 5. The van der Waals surface area contributed by atoms with Crippen molar-refractivity contribution in [2.24, 2.45) is 0 Å². The third kappa shape index (κ3) is 3.69. The van der Waals surface area contributed by atoms with Crippen molar-refractivity contribution in [1.29, 1.82) is 0 Å². The fourth-order valence-electron chi connectivity index (χ4n) is 2.49. The Kier molecular flexibility index (Phi) is 4.74. The third-order valence-corrected chi connectivity index (χ3v) is 3.58. The molecule has 0 bridgehead atoms. The maximum Gasteiger partial charge on any atom is 0.292 e. The number of carbonyl (C=O) groups is 1. The van der Waals surface area contributed by atoms with Gasteiger partial charge in [-0.1, -0.05) is 12.1 Å². The Hall–Kier alpha value is -2.15. The second-order valence-electron chi connectivity index (χ2n) is 5.30. The van der Waals surface area contributed by atoms with Gasteiger partial charge in [0.15, 0.2) is 0 Å². The Morgan fingerprint density at radius 2 is 2.24 bits per heavy atom. The van der Waals surface area contributed by atoms with Gasteiger partial charge in [-0.25, -0.2) is 0 Å². The average molecular weight is 292 g/mol. The zero-order valence-electron chi connectivity index (χ0n) is 12.3. The summed E-state index contributed by atoms with van der Waals surface area (Å²) in [5.74, 6) is -0.0102. The van der Waals surface area contributed by atoms with Gasteiger partial charge in [0.2, 0.25) is 5.91 Å². The van der Waals surface area contributed by atoms with Crippen LogP contribution in [0.15, 0.2) is 24.3 Å². The first-order chi connectivity index (χ1) is 9.99. The predicted octanol–water partition coefficient (Wildman–Crippen LogP) is 0.851. The summed E-state index contributed by atoms with van der Waals surface area (Å²) in [5, 5.41) is 14.3. The second kappa shape index (κ2) is 6.53. The lowest BCUT2D eigenvalue weighted by Crippen LogP contribution is -2.53. The minimum Gasteiger partial charge on any atom is -0.360 e. The molecule has 2 rings (SSSR count). The monoisotopic (exact) mass is 292 g/mol. The molecule has 1 saturated heterocycles. The lowest BCUT2D eigenvalue weighted by atomic mass is 10.2. The summed E-state index contributed by atoms with van der Waals surface area (Å²) in [4.78, 5) is 26.3. The third-order valence-electron chi connectivity index (χ3n) is 3.58. The zero-order valence-corrected chi connectivity index (χ0v) is 12.3. The fraction of sp³-hybridized carbons (Fsp3) is 0.500. The lowest BCUT2D eigenvalue weighted by molar-refractivity contribution is -0.384. The van der Waals surface area contributed by atoms with Crippen LogP contribution in [-0.2, 0) is 4.79 Å². The number of nitro benzene ring substituents is 1. The van der Waals surface area contributed by atoms with E-state index in [9.17, 15) is 14.9 Å². The molecule has 0 saturated carbocycles. The number of likely N-dealkylation sites (N-methyl/N-ethyl adjacent to an activating group) is 1. The van der Waals surface area contributed by atoms with Crippen molar-refractivity contribution in [2.75, 3.05) is 38.1 Å². The summed E-state index contributed by atoms with van der Waals surface area (Å²) in [6.07, 6.45) is 0. The number of piperazine rings is 1. The smallest absolute Gasteiger partial charge is 0.292 e. The van der Waals surface area contributed by atoms with Crippen LogP contribution in [0.25, 0.3) is 0 Å². The molecule has 1 atom stereocenters. The Morgan fingerprint density at radius 3 is 2.90 bits per heavy atom. The summed E-state index contributed by atoms with van der Waals surface area (Å²) in [7, 11) is 1.70. The molecular weight excluding hydrogens is 272 g/mol. The molecule has 0 aliphatic carbocycles. The first-order valence-electron chi connectivity index (χ1n) is 6.94. The van der Waals surface area contributed by atoms with Crippen molar-refractivity contribution in [2.45, 2.75) is 13.0 Å². The van der Waals surface area contributed by atoms with E-state index in [1.165, 1.54) is 6.07 Å². The molecule has 1 amide bonds. The van der Waals surface area contributed by atoms with Crippen molar-refractivity contribution in [3.05, 3.63) is 34.4 Å². The van der Waals surface area contributed by atoms with Crippen LogP contribution in [-0.4, -0.2) is 55.0 Å². The van der Waals surface area contributed by atoms with Crippen molar-refractivity contribution in [3.63, 3.8) is 0 Å². The van der Waals surface area contributed by atoms with E-state index in [2.05, 4.69) is 5.32 Å². The summed E-state index contributed by atoms with van der Waals surface area (Å²) in [6, 6.07) is 6.74. The van der Waals surface area contributed by atoms with E-state index in [1.54, 1.807) is 35.0 Å². The van der Waals surface area contributed by atoms with E-state index < -0.39 is 4.92 Å². The molecule has 1 heterocycles. The summed E-state index contributed by atoms with van der Waals surface area (Å²) < 4.78 is 0. The Labute approximate surface area is 123 Å². The summed E-state index contributed by atoms with van der Waals surface area (Å²) in [6.45, 7) is 4.29. The topological polar surface area (TPSA) is 78.7 Å². The van der Waals surface area contributed by atoms with Crippen LogP contribution in [0, 0.1) is 10.1 Å². The van der Waals surface area contributed by atoms with Gasteiger partial charge < -0.3 is 15.1 Å². The molecule has 0 radical (unpaired) electrons. The number of anilines is 1. The van der Waals surface area contributed by atoms with Crippen LogP contribution in [0.3, 0.4) is 0 Å². The van der Waals surface area contributed by atoms with E-state index in [1.807, 2.05) is 6.92 Å². The molecule has 1 aliphatic rings. The predicted molar refractivity (Wildman–Crippen MR) is 80.4 cm³/mol. The number of benzene rings is 1. The van der Waals surface area contributed by atoms with Crippen LogP contribution in [0.4, 0.5) is 11.4 Å². The first-order valence-corrected chi connectivity index (χ1v) is 6.94. The van der Waals surface area contributed by atoms with Crippen LogP contribution in [0.1, 0.15) is 6.92 Å². The van der Waals surface area contributed by atoms with Gasteiger partial charge in [0.1, 0.15) is 5.69 Å². The van der Waals surface area contributed by atoms with Crippen molar-refractivity contribution >= 4 is 17.3 Å². The van der Waals surface area contributed by atoms with Crippen molar-refractivity contribution in [1.82, 2.24) is 10.2 Å². The van der Waals surface area contributed by atoms with Crippen LogP contribution < -0.4 is 10.2 Å². The van der Waals surface area contributed by atoms with Gasteiger partial charge in [-0.2, -0.15) is 0 Å². The largest absolute Gasteiger partial charge is 0.360 e. The van der Waals surface area contributed by atoms with E-state index in [0.717, 1.165) is 6.54 Å². The van der Waals surface area contributed by atoms with Gasteiger partial charge in [0, 0.05) is 38.8 Å². The Morgan fingerprint density at radius 1 is 1.52 bits per heavy atom. The minimum atomic E-state index is -0.427. The van der Waals surface area contributed by atoms with Gasteiger partial charge in [-0.3, -0.25) is 14.9 Å². The van der Waals surface area contributed by atoms with Crippen LogP contribution in [0.2, 0.25) is 0 Å². The minimum absolute atomic E-state index is 0.0102. The summed E-state index contributed by atoms with van der Waals surface area (Å²) in [5.41, 5.74) is 0.473. The van der Waals surface area contributed by atoms with Crippen molar-refractivity contribution in [3.8, 4) is 0 Å². The first kappa shape index (κ1) is 15.2. The molecule has 1 N–H and O–H groups in total. The summed E-state index contributed by atoms with van der Waals surface area (Å²) >= 11 is 0. The van der Waals surface area contributed by atoms with Crippen LogP contribution >= 0.6 is 0 Å². The lowest BCUT2D eigenvalue weighted by Gasteiger charge is -2.33. The molecule has 0 spiro atoms. The molecule has 1 aromatic carbocycles. The highest BCUT2D eigenvalue weighted by Gasteiger charge is 2.23. The number of amides is 1.